The zero-order chi connectivity index (χ0) is 14.0. The number of rotatable bonds is 4. The Morgan fingerprint density at radius 3 is 2.68 bits per heavy atom. The van der Waals surface area contributed by atoms with Gasteiger partial charge in [0.05, 0.1) is 15.1 Å². The molecule has 0 atom stereocenters. The molecule has 2 heterocycles. The normalized spacial score (nSPS) is 10.7. The van der Waals surface area contributed by atoms with Gasteiger partial charge in [0, 0.05) is 11.9 Å². The molecule has 0 bridgehead atoms. The van der Waals surface area contributed by atoms with Crippen LogP contribution in [0.2, 0.25) is 0 Å². The van der Waals surface area contributed by atoms with E-state index in [1.165, 1.54) is 12.4 Å². The van der Waals surface area contributed by atoms with Crippen molar-refractivity contribution in [1.29, 1.82) is 0 Å². The summed E-state index contributed by atoms with van der Waals surface area (Å²) in [6, 6.07) is 1.97. The molecule has 0 radical (unpaired) electrons. The number of nitro groups is 1. The molecule has 0 fully saturated rings. The van der Waals surface area contributed by atoms with Crippen LogP contribution in [0.25, 0.3) is 5.69 Å². The highest BCUT2D eigenvalue weighted by atomic mass is 79.9. The maximum atomic E-state index is 11.1. The van der Waals surface area contributed by atoms with Crippen molar-refractivity contribution in [3.8, 4) is 5.69 Å². The molecular formula is C12H13BrN4O2. The molecule has 6 nitrogen and oxygen atoms in total. The number of hydrogen-bond donors (Lipinski definition) is 0. The number of halogens is 1. The quantitative estimate of drug-likeness (QED) is 0.640. The van der Waals surface area contributed by atoms with Crippen molar-refractivity contribution in [2.24, 2.45) is 0 Å². The zero-order valence-electron chi connectivity index (χ0n) is 10.6. The Labute approximate surface area is 118 Å². The van der Waals surface area contributed by atoms with Crippen LogP contribution < -0.4 is 0 Å². The fourth-order valence-corrected chi connectivity index (χ4v) is 2.34. The molecule has 2 rings (SSSR count). The van der Waals surface area contributed by atoms with E-state index in [1.807, 2.05) is 19.9 Å². The van der Waals surface area contributed by atoms with E-state index >= 15 is 0 Å². The summed E-state index contributed by atoms with van der Waals surface area (Å²) in [5, 5.41) is 15.6. The molecule has 0 aliphatic heterocycles. The summed E-state index contributed by atoms with van der Waals surface area (Å²) in [5.74, 6) is 0. The molecule has 100 valence electrons. The lowest BCUT2D eigenvalue weighted by atomic mass is 10.2. The molecule has 0 amide bonds. The Balaban J connectivity index is 2.70. The molecule has 0 spiro atoms. The second kappa shape index (κ2) is 5.48. The van der Waals surface area contributed by atoms with Crippen LogP contribution in [0.15, 0.2) is 22.9 Å². The van der Waals surface area contributed by atoms with Crippen molar-refractivity contribution in [2.45, 2.75) is 26.7 Å². The van der Waals surface area contributed by atoms with Crippen LogP contribution in [-0.4, -0.2) is 19.7 Å². The minimum atomic E-state index is -0.445. The third-order valence-corrected chi connectivity index (χ3v) is 3.40. The third-order valence-electron chi connectivity index (χ3n) is 2.82. The second-order valence-corrected chi connectivity index (χ2v) is 4.85. The average molecular weight is 325 g/mol. The molecule has 2 aromatic rings. The van der Waals surface area contributed by atoms with Gasteiger partial charge in [0.2, 0.25) is 0 Å². The van der Waals surface area contributed by atoms with E-state index in [-0.39, 0.29) is 5.69 Å². The summed E-state index contributed by atoms with van der Waals surface area (Å²) in [6.07, 6.45) is 4.32. The number of aromatic nitrogens is 3. The van der Waals surface area contributed by atoms with Crippen molar-refractivity contribution in [2.75, 3.05) is 0 Å². The van der Waals surface area contributed by atoms with Gasteiger partial charge in [-0.2, -0.15) is 5.10 Å². The Morgan fingerprint density at radius 2 is 2.11 bits per heavy atom. The smallest absolute Gasteiger partial charge is 0.258 e. The minimum absolute atomic E-state index is 0.0603. The van der Waals surface area contributed by atoms with Gasteiger partial charge >= 0.3 is 5.69 Å². The Morgan fingerprint density at radius 1 is 1.37 bits per heavy atom. The monoisotopic (exact) mass is 324 g/mol. The highest BCUT2D eigenvalue weighted by molar-refractivity contribution is 9.10. The molecule has 19 heavy (non-hydrogen) atoms. The first-order chi connectivity index (χ1) is 9.08. The summed E-state index contributed by atoms with van der Waals surface area (Å²) in [7, 11) is 0. The van der Waals surface area contributed by atoms with E-state index in [1.54, 1.807) is 4.68 Å². The van der Waals surface area contributed by atoms with Crippen molar-refractivity contribution in [1.82, 2.24) is 14.8 Å². The molecule has 0 saturated carbocycles. The Bertz CT molecular complexity index is 624. The lowest BCUT2D eigenvalue weighted by Gasteiger charge is -2.08. The number of aryl methyl sites for hydroxylation is 2. The van der Waals surface area contributed by atoms with Crippen LogP contribution >= 0.6 is 15.9 Å². The molecular weight excluding hydrogens is 312 g/mol. The van der Waals surface area contributed by atoms with Crippen LogP contribution in [-0.2, 0) is 12.8 Å². The lowest BCUT2D eigenvalue weighted by Crippen LogP contribution is -2.06. The zero-order valence-corrected chi connectivity index (χ0v) is 12.2. The molecule has 2 aromatic heterocycles. The fourth-order valence-electron chi connectivity index (χ4n) is 1.85. The predicted octanol–water partition coefficient (Wildman–Crippen LogP) is 3.06. The molecule has 0 N–H and O–H groups in total. The van der Waals surface area contributed by atoms with Gasteiger partial charge in [-0.25, -0.2) is 4.68 Å². The van der Waals surface area contributed by atoms with Gasteiger partial charge in [-0.3, -0.25) is 15.1 Å². The van der Waals surface area contributed by atoms with Crippen molar-refractivity contribution >= 4 is 21.6 Å². The van der Waals surface area contributed by atoms with E-state index < -0.39 is 4.92 Å². The van der Waals surface area contributed by atoms with Crippen molar-refractivity contribution in [3.05, 3.63) is 44.4 Å². The van der Waals surface area contributed by atoms with Gasteiger partial charge in [0.15, 0.2) is 5.69 Å². The fraction of sp³-hybridized carbons (Fsp3) is 0.333. The topological polar surface area (TPSA) is 73.8 Å². The third kappa shape index (κ3) is 2.51. The second-order valence-electron chi connectivity index (χ2n) is 3.99. The summed E-state index contributed by atoms with van der Waals surface area (Å²) >= 11 is 3.32. The SMILES string of the molecule is CCc1cc(CC)n(-c2c(Br)cncc2[N+](=O)[O-])n1. The molecule has 7 heteroatoms. The first-order valence-electron chi connectivity index (χ1n) is 5.94. The molecule has 0 aliphatic rings. The van der Waals surface area contributed by atoms with Crippen LogP contribution in [0.3, 0.4) is 0 Å². The number of hydrogen-bond acceptors (Lipinski definition) is 4. The van der Waals surface area contributed by atoms with E-state index in [0.717, 1.165) is 24.2 Å². The van der Waals surface area contributed by atoms with Gasteiger partial charge in [0.1, 0.15) is 6.20 Å². The van der Waals surface area contributed by atoms with Gasteiger partial charge in [-0.15, -0.1) is 0 Å². The molecule has 0 aromatic carbocycles. The van der Waals surface area contributed by atoms with Crippen molar-refractivity contribution < 1.29 is 4.92 Å². The van der Waals surface area contributed by atoms with Crippen LogP contribution in [0.1, 0.15) is 25.2 Å². The maximum Gasteiger partial charge on any atom is 0.314 e. The highest BCUT2D eigenvalue weighted by Gasteiger charge is 2.22. The van der Waals surface area contributed by atoms with Crippen LogP contribution in [0.4, 0.5) is 5.69 Å². The van der Waals surface area contributed by atoms with E-state index in [0.29, 0.717) is 10.2 Å². The predicted molar refractivity (Wildman–Crippen MR) is 74.5 cm³/mol. The summed E-state index contributed by atoms with van der Waals surface area (Å²) in [5.41, 5.74) is 2.22. The molecule has 0 unspecified atom stereocenters. The Kier molecular flexibility index (Phi) is 3.94. The van der Waals surface area contributed by atoms with Gasteiger partial charge in [-0.05, 0) is 34.8 Å². The number of nitrogens with zero attached hydrogens (tertiary/aromatic N) is 4. The van der Waals surface area contributed by atoms with E-state index in [2.05, 4.69) is 26.0 Å². The van der Waals surface area contributed by atoms with Gasteiger partial charge < -0.3 is 0 Å². The average Bonchev–Trinajstić information content (AvgIpc) is 2.81. The van der Waals surface area contributed by atoms with Crippen LogP contribution in [0, 0.1) is 10.1 Å². The highest BCUT2D eigenvalue weighted by Crippen LogP contribution is 2.30. The van der Waals surface area contributed by atoms with E-state index in [4.69, 9.17) is 0 Å². The standard InChI is InChI=1S/C12H13BrN4O2/c1-3-8-5-9(4-2)16(15-8)12-10(13)6-14-7-11(12)17(18)19/h5-7H,3-4H2,1-2H3. The first kappa shape index (κ1) is 13.7. The maximum absolute atomic E-state index is 11.1. The first-order valence-corrected chi connectivity index (χ1v) is 6.73. The number of pyridine rings is 1. The van der Waals surface area contributed by atoms with Crippen molar-refractivity contribution in [3.63, 3.8) is 0 Å². The van der Waals surface area contributed by atoms with Gasteiger partial charge in [0.25, 0.3) is 0 Å². The molecule has 0 saturated heterocycles. The summed E-state index contributed by atoms with van der Waals surface area (Å²) < 4.78 is 2.19. The van der Waals surface area contributed by atoms with Crippen LogP contribution in [0.5, 0.6) is 0 Å². The summed E-state index contributed by atoms with van der Waals surface area (Å²) in [6.45, 7) is 4.00. The summed E-state index contributed by atoms with van der Waals surface area (Å²) in [4.78, 5) is 14.5. The van der Waals surface area contributed by atoms with E-state index in [9.17, 15) is 10.1 Å². The lowest BCUT2D eigenvalue weighted by molar-refractivity contribution is -0.385. The Hall–Kier alpha value is -1.76. The minimum Gasteiger partial charge on any atom is -0.258 e. The largest absolute Gasteiger partial charge is 0.314 e. The van der Waals surface area contributed by atoms with Gasteiger partial charge in [-0.1, -0.05) is 13.8 Å². The molecule has 0 aliphatic carbocycles.